The Morgan fingerprint density at radius 2 is 1.96 bits per heavy atom. The molecule has 4 rings (SSSR count). The van der Waals surface area contributed by atoms with Crippen molar-refractivity contribution in [3.63, 3.8) is 0 Å². The highest BCUT2D eigenvalue weighted by Crippen LogP contribution is 2.34. The molecule has 0 aliphatic rings. The van der Waals surface area contributed by atoms with Gasteiger partial charge in [0.15, 0.2) is 22.9 Å². The van der Waals surface area contributed by atoms with E-state index >= 15 is 0 Å². The summed E-state index contributed by atoms with van der Waals surface area (Å²) in [5.41, 5.74) is 2.05. The predicted octanol–water partition coefficient (Wildman–Crippen LogP) is 3.37. The van der Waals surface area contributed by atoms with Gasteiger partial charge in [0.1, 0.15) is 17.8 Å². The van der Waals surface area contributed by atoms with Crippen LogP contribution in [0.1, 0.15) is 0 Å². The van der Waals surface area contributed by atoms with Crippen LogP contribution in [0.25, 0.3) is 22.5 Å². The van der Waals surface area contributed by atoms with Crippen molar-refractivity contribution in [2.24, 2.45) is 0 Å². The van der Waals surface area contributed by atoms with Gasteiger partial charge in [0.2, 0.25) is 0 Å². The van der Waals surface area contributed by atoms with Crippen LogP contribution in [0, 0.1) is 0 Å². The van der Waals surface area contributed by atoms with Crippen molar-refractivity contribution in [1.82, 2.24) is 20.2 Å². The summed E-state index contributed by atoms with van der Waals surface area (Å²) in [7, 11) is 3.19. The first-order valence-corrected chi connectivity index (χ1v) is 7.52. The topological polar surface area (TPSA) is 98.1 Å². The molecule has 0 aliphatic heterocycles. The number of hydrogen-bond donors (Lipinski definition) is 2. The van der Waals surface area contributed by atoms with Crippen molar-refractivity contribution in [1.29, 1.82) is 0 Å². The van der Waals surface area contributed by atoms with Gasteiger partial charge in [-0.25, -0.2) is 9.97 Å². The molecule has 0 atom stereocenters. The van der Waals surface area contributed by atoms with E-state index < -0.39 is 0 Å². The number of rotatable bonds is 5. The maximum Gasteiger partial charge on any atom is 0.186 e. The molecule has 8 nitrogen and oxygen atoms in total. The third-order valence-corrected chi connectivity index (χ3v) is 3.76. The number of benzene rings is 1. The van der Waals surface area contributed by atoms with Crippen molar-refractivity contribution < 1.29 is 13.9 Å². The molecule has 126 valence electrons. The quantitative estimate of drug-likeness (QED) is 0.576. The van der Waals surface area contributed by atoms with Gasteiger partial charge >= 0.3 is 0 Å². The van der Waals surface area contributed by atoms with E-state index in [9.17, 15) is 0 Å². The van der Waals surface area contributed by atoms with Crippen molar-refractivity contribution in [2.45, 2.75) is 0 Å². The molecule has 0 saturated heterocycles. The highest BCUT2D eigenvalue weighted by molar-refractivity contribution is 5.98. The van der Waals surface area contributed by atoms with Gasteiger partial charge in [0.25, 0.3) is 0 Å². The number of ether oxygens (including phenoxy) is 2. The standard InChI is InChI=1S/C17H15N5O3/c1-23-11-6-5-10(8-13(11)24-2)20-16-14-15(12-4-3-7-25-12)21-22-17(14)19-9-18-16/h3-9H,1-2H3,(H2,18,19,20,21,22). The fourth-order valence-electron chi connectivity index (χ4n) is 2.60. The number of aromatic amines is 1. The summed E-state index contributed by atoms with van der Waals surface area (Å²) in [5, 5.41) is 11.2. The lowest BCUT2D eigenvalue weighted by molar-refractivity contribution is 0.355. The Labute approximate surface area is 142 Å². The van der Waals surface area contributed by atoms with Crippen LogP contribution < -0.4 is 14.8 Å². The number of aromatic nitrogens is 4. The number of anilines is 2. The van der Waals surface area contributed by atoms with Gasteiger partial charge in [0.05, 0.1) is 25.9 Å². The zero-order valence-electron chi connectivity index (χ0n) is 13.6. The van der Waals surface area contributed by atoms with E-state index in [2.05, 4.69) is 25.5 Å². The Morgan fingerprint density at radius 1 is 1.08 bits per heavy atom. The minimum atomic E-state index is 0.546. The molecule has 2 N–H and O–H groups in total. The molecule has 8 heteroatoms. The Balaban J connectivity index is 1.78. The second-order valence-electron chi connectivity index (χ2n) is 5.19. The molecule has 25 heavy (non-hydrogen) atoms. The third-order valence-electron chi connectivity index (χ3n) is 3.76. The summed E-state index contributed by atoms with van der Waals surface area (Å²) in [6.07, 6.45) is 3.06. The highest BCUT2D eigenvalue weighted by atomic mass is 16.5. The molecular formula is C17H15N5O3. The van der Waals surface area contributed by atoms with E-state index in [4.69, 9.17) is 13.9 Å². The average molecular weight is 337 g/mol. The number of nitrogens with one attached hydrogen (secondary N) is 2. The average Bonchev–Trinajstić information content (AvgIpc) is 3.31. The largest absolute Gasteiger partial charge is 0.493 e. The van der Waals surface area contributed by atoms with Gasteiger partial charge < -0.3 is 19.2 Å². The van der Waals surface area contributed by atoms with Crippen LogP contribution in [0.3, 0.4) is 0 Å². The summed E-state index contributed by atoms with van der Waals surface area (Å²) in [6.45, 7) is 0. The van der Waals surface area contributed by atoms with Gasteiger partial charge in [-0.1, -0.05) is 0 Å². The molecule has 3 aromatic heterocycles. The normalized spacial score (nSPS) is 10.8. The zero-order valence-corrected chi connectivity index (χ0v) is 13.6. The van der Waals surface area contributed by atoms with Crippen LogP contribution in [0.15, 0.2) is 47.3 Å². The minimum Gasteiger partial charge on any atom is -0.493 e. The van der Waals surface area contributed by atoms with E-state index in [0.29, 0.717) is 34.4 Å². The SMILES string of the molecule is COc1ccc(Nc2ncnc3n[nH]c(-c4ccco4)c23)cc1OC. The van der Waals surface area contributed by atoms with E-state index in [-0.39, 0.29) is 0 Å². The number of nitrogens with zero attached hydrogens (tertiary/aromatic N) is 3. The molecule has 3 heterocycles. The van der Waals surface area contributed by atoms with Crippen LogP contribution in [0.4, 0.5) is 11.5 Å². The lowest BCUT2D eigenvalue weighted by Gasteiger charge is -2.11. The Morgan fingerprint density at radius 3 is 2.72 bits per heavy atom. The molecule has 1 aromatic carbocycles. The van der Waals surface area contributed by atoms with Gasteiger partial charge in [-0.15, -0.1) is 0 Å². The van der Waals surface area contributed by atoms with Gasteiger partial charge in [-0.2, -0.15) is 5.10 Å². The monoisotopic (exact) mass is 337 g/mol. The second-order valence-corrected chi connectivity index (χ2v) is 5.19. The van der Waals surface area contributed by atoms with Gasteiger partial charge in [-0.3, -0.25) is 5.10 Å². The van der Waals surface area contributed by atoms with Crippen LogP contribution in [-0.2, 0) is 0 Å². The van der Waals surface area contributed by atoms with Gasteiger partial charge in [0, 0.05) is 11.8 Å². The van der Waals surface area contributed by atoms with Crippen LogP contribution >= 0.6 is 0 Å². The maximum atomic E-state index is 5.47. The van der Waals surface area contributed by atoms with Crippen LogP contribution in [0.5, 0.6) is 11.5 Å². The third kappa shape index (κ3) is 2.63. The summed E-state index contributed by atoms with van der Waals surface area (Å²) in [4.78, 5) is 8.54. The maximum absolute atomic E-state index is 5.47. The van der Waals surface area contributed by atoms with Crippen LogP contribution in [0.2, 0.25) is 0 Å². The van der Waals surface area contributed by atoms with Crippen molar-refractivity contribution >= 4 is 22.5 Å². The number of furan rings is 1. The first kappa shape index (κ1) is 15.0. The van der Waals surface area contributed by atoms with Crippen molar-refractivity contribution in [2.75, 3.05) is 19.5 Å². The van der Waals surface area contributed by atoms with E-state index in [0.717, 1.165) is 11.1 Å². The summed E-state index contributed by atoms with van der Waals surface area (Å²) in [5.74, 6) is 2.54. The smallest absolute Gasteiger partial charge is 0.186 e. The van der Waals surface area contributed by atoms with E-state index in [1.807, 2.05) is 30.3 Å². The predicted molar refractivity (Wildman–Crippen MR) is 92.2 cm³/mol. The number of H-pyrrole nitrogens is 1. The highest BCUT2D eigenvalue weighted by Gasteiger charge is 2.16. The summed E-state index contributed by atoms with van der Waals surface area (Å²) < 4.78 is 16.1. The van der Waals surface area contributed by atoms with Crippen molar-refractivity contribution in [3.8, 4) is 23.0 Å². The zero-order chi connectivity index (χ0) is 17.2. The molecule has 0 amide bonds. The van der Waals surface area contributed by atoms with Crippen molar-refractivity contribution in [3.05, 3.63) is 42.9 Å². The molecule has 0 radical (unpaired) electrons. The molecule has 0 bridgehead atoms. The molecule has 4 aromatic rings. The fraction of sp³-hybridized carbons (Fsp3) is 0.118. The first-order chi connectivity index (χ1) is 12.3. The van der Waals surface area contributed by atoms with Crippen LogP contribution in [-0.4, -0.2) is 34.4 Å². The lowest BCUT2D eigenvalue weighted by atomic mass is 10.2. The molecule has 0 fully saturated rings. The first-order valence-electron chi connectivity index (χ1n) is 7.52. The number of methoxy groups -OCH3 is 2. The lowest BCUT2D eigenvalue weighted by Crippen LogP contribution is -1.97. The summed E-state index contributed by atoms with van der Waals surface area (Å²) >= 11 is 0. The molecular weight excluding hydrogens is 322 g/mol. The molecule has 0 saturated carbocycles. The van der Waals surface area contributed by atoms with E-state index in [1.54, 1.807) is 20.5 Å². The second kappa shape index (κ2) is 6.16. The molecule has 0 unspecified atom stereocenters. The molecule has 0 aliphatic carbocycles. The minimum absolute atomic E-state index is 0.546. The summed E-state index contributed by atoms with van der Waals surface area (Å²) in [6, 6.07) is 9.19. The number of hydrogen-bond acceptors (Lipinski definition) is 7. The Bertz CT molecular complexity index is 1010. The number of fused-ring (bicyclic) bond motifs is 1. The Hall–Kier alpha value is -3.55. The van der Waals surface area contributed by atoms with E-state index in [1.165, 1.54) is 6.33 Å². The van der Waals surface area contributed by atoms with Gasteiger partial charge in [-0.05, 0) is 24.3 Å². The molecule has 0 spiro atoms. The fourth-order valence-corrected chi connectivity index (χ4v) is 2.60. The Kier molecular flexibility index (Phi) is 3.70.